The van der Waals surface area contributed by atoms with Crippen molar-refractivity contribution in [3.05, 3.63) is 54.3 Å². The summed E-state index contributed by atoms with van der Waals surface area (Å²) in [5.74, 6) is 1.54. The zero-order valence-corrected chi connectivity index (χ0v) is 14.9. The number of fused-ring (bicyclic) bond motifs is 1. The molecule has 0 radical (unpaired) electrons. The van der Waals surface area contributed by atoms with Crippen LogP contribution in [0.3, 0.4) is 0 Å². The molecule has 4 rings (SSSR count). The van der Waals surface area contributed by atoms with Gasteiger partial charge in [0.2, 0.25) is 11.8 Å². The van der Waals surface area contributed by atoms with Crippen molar-refractivity contribution in [1.82, 2.24) is 20.2 Å². The minimum absolute atomic E-state index is 0.244. The molecule has 0 fully saturated rings. The van der Waals surface area contributed by atoms with Crippen LogP contribution in [0, 0.1) is 5.82 Å². The monoisotopic (exact) mass is 372 g/mol. The van der Waals surface area contributed by atoms with Crippen molar-refractivity contribution in [1.29, 1.82) is 0 Å². The first-order valence-electron chi connectivity index (χ1n) is 7.67. The number of hydrogen-bond acceptors (Lipinski definition) is 7. The Morgan fingerprint density at radius 1 is 1.12 bits per heavy atom. The number of aromatic nitrogens is 4. The van der Waals surface area contributed by atoms with Crippen LogP contribution in [0.4, 0.5) is 4.39 Å². The summed E-state index contributed by atoms with van der Waals surface area (Å²) in [6, 6.07) is 8.46. The van der Waals surface area contributed by atoms with Crippen LogP contribution in [0.15, 0.2) is 46.1 Å². The van der Waals surface area contributed by atoms with E-state index < -0.39 is 0 Å². The smallest absolute Gasteiger partial charge is 0.226 e. The van der Waals surface area contributed by atoms with Crippen LogP contribution in [0.5, 0.6) is 0 Å². The third-order valence-electron chi connectivity index (χ3n) is 3.55. The van der Waals surface area contributed by atoms with Crippen LogP contribution in [-0.2, 0) is 12.2 Å². The number of halogens is 1. The van der Waals surface area contributed by atoms with Gasteiger partial charge in [-0.05, 0) is 23.8 Å². The van der Waals surface area contributed by atoms with Gasteiger partial charge in [0, 0.05) is 11.3 Å². The highest BCUT2D eigenvalue weighted by Crippen LogP contribution is 2.37. The van der Waals surface area contributed by atoms with E-state index in [0.29, 0.717) is 17.5 Å². The topological polar surface area (TPSA) is 64.7 Å². The Morgan fingerprint density at radius 2 is 1.92 bits per heavy atom. The summed E-state index contributed by atoms with van der Waals surface area (Å²) >= 11 is 3.13. The Hall–Kier alpha value is -2.32. The number of thiophene rings is 1. The maximum Gasteiger partial charge on any atom is 0.226 e. The van der Waals surface area contributed by atoms with E-state index in [1.54, 1.807) is 41.6 Å². The highest BCUT2D eigenvalue weighted by Gasteiger charge is 2.13. The van der Waals surface area contributed by atoms with Gasteiger partial charge in [0.1, 0.15) is 17.2 Å². The summed E-state index contributed by atoms with van der Waals surface area (Å²) in [4.78, 5) is 9.75. The van der Waals surface area contributed by atoms with Gasteiger partial charge in [-0.2, -0.15) is 0 Å². The van der Waals surface area contributed by atoms with Gasteiger partial charge in [0.25, 0.3) is 0 Å². The van der Waals surface area contributed by atoms with Gasteiger partial charge in [-0.3, -0.25) is 0 Å². The number of thioether (sulfide) groups is 1. The lowest BCUT2D eigenvalue weighted by Crippen LogP contribution is -1.85. The fourth-order valence-corrected chi connectivity index (χ4v) is 4.35. The van der Waals surface area contributed by atoms with Crippen LogP contribution >= 0.6 is 23.1 Å². The molecule has 0 bridgehead atoms. The molecule has 8 heteroatoms. The van der Waals surface area contributed by atoms with Crippen LogP contribution < -0.4 is 0 Å². The zero-order chi connectivity index (χ0) is 17.2. The van der Waals surface area contributed by atoms with Gasteiger partial charge in [0.05, 0.1) is 16.0 Å². The van der Waals surface area contributed by atoms with E-state index in [9.17, 15) is 4.39 Å². The second-order valence-corrected chi connectivity index (χ2v) is 7.26. The van der Waals surface area contributed by atoms with Crippen LogP contribution in [0.1, 0.15) is 18.7 Å². The van der Waals surface area contributed by atoms with Crippen molar-refractivity contribution in [3.63, 3.8) is 0 Å². The van der Waals surface area contributed by atoms with Gasteiger partial charge >= 0.3 is 0 Å². The number of hydrogen-bond donors (Lipinski definition) is 0. The third-order valence-corrected chi connectivity index (χ3v) is 5.83. The van der Waals surface area contributed by atoms with E-state index in [1.807, 2.05) is 13.0 Å². The highest BCUT2D eigenvalue weighted by atomic mass is 32.2. The molecule has 0 N–H and O–H groups in total. The molecule has 0 aliphatic carbocycles. The molecular weight excluding hydrogens is 359 g/mol. The van der Waals surface area contributed by atoms with Crippen molar-refractivity contribution in [2.24, 2.45) is 0 Å². The van der Waals surface area contributed by atoms with Crippen molar-refractivity contribution in [3.8, 4) is 10.4 Å². The Morgan fingerprint density at radius 3 is 2.68 bits per heavy atom. The molecular formula is C17H13FN4OS2. The average molecular weight is 372 g/mol. The van der Waals surface area contributed by atoms with Crippen molar-refractivity contribution in [2.45, 2.75) is 24.1 Å². The van der Waals surface area contributed by atoms with E-state index in [1.165, 1.54) is 12.1 Å². The Balaban J connectivity index is 1.62. The Labute approximate surface area is 151 Å². The molecule has 0 saturated carbocycles. The Kier molecular flexibility index (Phi) is 4.46. The fourth-order valence-electron chi connectivity index (χ4n) is 2.31. The molecule has 4 aromatic rings. The summed E-state index contributed by atoms with van der Waals surface area (Å²) in [5, 5.41) is 8.87. The standard InChI is InChI=1S/C17H13FN4OS2/c1-2-14-21-22-15(23-14)8-24-17-16-12(19-9-20-17)7-13(25-16)10-3-5-11(18)6-4-10/h3-7,9H,2,8H2,1H3. The second-order valence-electron chi connectivity index (χ2n) is 5.24. The first kappa shape index (κ1) is 16.2. The third kappa shape index (κ3) is 3.40. The molecule has 0 aliphatic heterocycles. The normalized spacial score (nSPS) is 11.3. The molecule has 1 aromatic carbocycles. The summed E-state index contributed by atoms with van der Waals surface area (Å²) in [7, 11) is 0. The van der Waals surface area contributed by atoms with Crippen LogP contribution in [0.2, 0.25) is 0 Å². The maximum absolute atomic E-state index is 13.1. The van der Waals surface area contributed by atoms with Gasteiger partial charge in [-0.25, -0.2) is 14.4 Å². The van der Waals surface area contributed by atoms with Crippen LogP contribution in [-0.4, -0.2) is 20.2 Å². The lowest BCUT2D eigenvalue weighted by molar-refractivity contribution is 0.470. The molecule has 5 nitrogen and oxygen atoms in total. The van der Waals surface area contributed by atoms with Gasteiger partial charge in [-0.15, -0.1) is 21.5 Å². The first-order valence-corrected chi connectivity index (χ1v) is 9.47. The predicted molar refractivity (Wildman–Crippen MR) is 96.0 cm³/mol. The minimum atomic E-state index is -0.244. The minimum Gasteiger partial charge on any atom is -0.424 e. The summed E-state index contributed by atoms with van der Waals surface area (Å²) in [6.07, 6.45) is 2.28. The number of aryl methyl sites for hydroxylation is 1. The lowest BCUT2D eigenvalue weighted by atomic mass is 10.2. The lowest BCUT2D eigenvalue weighted by Gasteiger charge is -1.98. The SMILES string of the molecule is CCc1nnc(CSc2ncnc3cc(-c4ccc(F)cc4)sc23)o1. The predicted octanol–water partition coefficient (Wildman–Crippen LogP) is 4.74. The molecule has 126 valence electrons. The van der Waals surface area contributed by atoms with Crippen LogP contribution in [0.25, 0.3) is 20.7 Å². The van der Waals surface area contributed by atoms with Crippen molar-refractivity contribution < 1.29 is 8.81 Å². The second kappa shape index (κ2) is 6.89. The molecule has 0 aliphatic rings. The largest absolute Gasteiger partial charge is 0.424 e. The molecule has 0 atom stereocenters. The number of nitrogens with zero attached hydrogens (tertiary/aromatic N) is 4. The summed E-state index contributed by atoms with van der Waals surface area (Å²) in [5.41, 5.74) is 1.84. The average Bonchev–Trinajstić information content (AvgIpc) is 3.27. The van der Waals surface area contributed by atoms with Gasteiger partial charge in [0.15, 0.2) is 0 Å². The van der Waals surface area contributed by atoms with E-state index >= 15 is 0 Å². The quantitative estimate of drug-likeness (QED) is 0.373. The zero-order valence-electron chi connectivity index (χ0n) is 13.3. The van der Waals surface area contributed by atoms with Gasteiger partial charge < -0.3 is 4.42 Å². The molecule has 0 unspecified atom stereocenters. The number of rotatable bonds is 5. The summed E-state index contributed by atoms with van der Waals surface area (Å²) in [6.45, 7) is 1.97. The fraction of sp³-hybridized carbons (Fsp3) is 0.176. The first-order chi connectivity index (χ1) is 12.2. The van der Waals surface area contributed by atoms with E-state index in [-0.39, 0.29) is 5.82 Å². The van der Waals surface area contributed by atoms with E-state index in [4.69, 9.17) is 4.42 Å². The molecule has 3 aromatic heterocycles. The molecule has 0 saturated heterocycles. The highest BCUT2D eigenvalue weighted by molar-refractivity contribution is 7.98. The van der Waals surface area contributed by atoms with Gasteiger partial charge in [-0.1, -0.05) is 30.8 Å². The van der Waals surface area contributed by atoms with E-state index in [0.717, 1.165) is 32.1 Å². The molecule has 3 heterocycles. The maximum atomic E-state index is 13.1. The molecule has 0 spiro atoms. The molecule has 0 amide bonds. The van der Waals surface area contributed by atoms with Crippen molar-refractivity contribution >= 4 is 33.3 Å². The number of benzene rings is 1. The Bertz CT molecular complexity index is 1010. The van der Waals surface area contributed by atoms with E-state index in [2.05, 4.69) is 20.2 Å². The molecule has 25 heavy (non-hydrogen) atoms. The summed E-state index contributed by atoms with van der Waals surface area (Å²) < 4.78 is 19.7. The van der Waals surface area contributed by atoms with Crippen molar-refractivity contribution in [2.75, 3.05) is 0 Å².